The molecule has 0 heterocycles. The zero-order valence-corrected chi connectivity index (χ0v) is 11.8. The quantitative estimate of drug-likeness (QED) is 0.432. The molecule has 0 fully saturated rings. The summed E-state index contributed by atoms with van der Waals surface area (Å²) >= 11 is 0. The molecule has 1 rings (SSSR count). The third kappa shape index (κ3) is 4.11. The number of carbonyl (C=O) groups excluding carboxylic acids is 1. The first kappa shape index (κ1) is 15.7. The van der Waals surface area contributed by atoms with Crippen LogP contribution < -0.4 is 9.64 Å². The molecule has 110 valence electrons. The third-order valence-corrected chi connectivity index (χ3v) is 2.76. The molecule has 0 aliphatic rings. The molecule has 0 unspecified atom stereocenters. The monoisotopic (exact) mass is 282 g/mol. The lowest BCUT2D eigenvalue weighted by atomic mass is 10.2. The van der Waals surface area contributed by atoms with Crippen molar-refractivity contribution in [3.8, 4) is 5.75 Å². The molecule has 0 N–H and O–H groups in total. The second-order valence-electron chi connectivity index (χ2n) is 4.09. The van der Waals surface area contributed by atoms with Gasteiger partial charge in [0.15, 0.2) is 5.75 Å². The number of nitro groups is 1. The van der Waals surface area contributed by atoms with Crippen molar-refractivity contribution in [2.75, 3.05) is 32.2 Å². The number of benzene rings is 1. The van der Waals surface area contributed by atoms with Gasteiger partial charge in [-0.05, 0) is 13.0 Å². The SMILES string of the molecule is CCOC(=O)CCN(C)c1ccc([N+](=O)[O-])c(OC)c1. The van der Waals surface area contributed by atoms with Gasteiger partial charge in [0.05, 0.1) is 25.1 Å². The molecule has 0 saturated carbocycles. The minimum atomic E-state index is -0.499. The molecule has 0 amide bonds. The van der Waals surface area contributed by atoms with E-state index in [9.17, 15) is 14.9 Å². The summed E-state index contributed by atoms with van der Waals surface area (Å²) in [7, 11) is 3.17. The minimum absolute atomic E-state index is 0.0879. The third-order valence-electron chi connectivity index (χ3n) is 2.76. The average molecular weight is 282 g/mol. The van der Waals surface area contributed by atoms with Crippen molar-refractivity contribution in [1.29, 1.82) is 0 Å². The first-order valence-corrected chi connectivity index (χ1v) is 6.18. The molecule has 0 aliphatic heterocycles. The van der Waals surface area contributed by atoms with Gasteiger partial charge in [-0.2, -0.15) is 0 Å². The van der Waals surface area contributed by atoms with E-state index in [1.807, 2.05) is 4.90 Å². The Balaban J connectivity index is 2.76. The van der Waals surface area contributed by atoms with Gasteiger partial charge in [0, 0.05) is 31.4 Å². The van der Waals surface area contributed by atoms with Gasteiger partial charge in [-0.1, -0.05) is 0 Å². The minimum Gasteiger partial charge on any atom is -0.490 e. The average Bonchev–Trinajstić information content (AvgIpc) is 2.44. The van der Waals surface area contributed by atoms with Crippen LogP contribution in [0.25, 0.3) is 0 Å². The van der Waals surface area contributed by atoms with Gasteiger partial charge in [-0.25, -0.2) is 0 Å². The normalized spacial score (nSPS) is 9.95. The van der Waals surface area contributed by atoms with Crippen molar-refractivity contribution in [3.63, 3.8) is 0 Å². The fourth-order valence-corrected chi connectivity index (χ4v) is 1.68. The number of hydrogen-bond acceptors (Lipinski definition) is 6. The highest BCUT2D eigenvalue weighted by Gasteiger charge is 2.16. The van der Waals surface area contributed by atoms with Crippen LogP contribution in [-0.4, -0.2) is 38.2 Å². The largest absolute Gasteiger partial charge is 0.490 e. The Morgan fingerprint density at radius 1 is 1.45 bits per heavy atom. The number of esters is 1. The van der Waals surface area contributed by atoms with Crippen molar-refractivity contribution < 1.29 is 19.2 Å². The fraction of sp³-hybridized carbons (Fsp3) is 0.462. The van der Waals surface area contributed by atoms with E-state index in [1.165, 1.54) is 13.2 Å². The molecule has 1 aromatic rings. The Labute approximate surface area is 117 Å². The number of hydrogen-bond donors (Lipinski definition) is 0. The second-order valence-corrected chi connectivity index (χ2v) is 4.09. The van der Waals surface area contributed by atoms with Crippen molar-refractivity contribution in [2.24, 2.45) is 0 Å². The summed E-state index contributed by atoms with van der Waals surface area (Å²) in [5.41, 5.74) is 0.645. The maximum atomic E-state index is 11.3. The molecule has 0 aromatic heterocycles. The second kappa shape index (κ2) is 7.32. The van der Waals surface area contributed by atoms with Crippen molar-refractivity contribution in [3.05, 3.63) is 28.3 Å². The molecule has 0 atom stereocenters. The molecule has 7 heteroatoms. The van der Waals surface area contributed by atoms with Gasteiger partial charge in [0.1, 0.15) is 0 Å². The molecule has 7 nitrogen and oxygen atoms in total. The van der Waals surface area contributed by atoms with Gasteiger partial charge in [0.2, 0.25) is 0 Å². The molecular weight excluding hydrogens is 264 g/mol. The van der Waals surface area contributed by atoms with Crippen LogP contribution in [0.2, 0.25) is 0 Å². The van der Waals surface area contributed by atoms with E-state index in [1.54, 1.807) is 26.1 Å². The number of nitro benzene ring substituents is 1. The van der Waals surface area contributed by atoms with E-state index >= 15 is 0 Å². The summed E-state index contributed by atoms with van der Waals surface area (Å²) in [4.78, 5) is 23.4. The van der Waals surface area contributed by atoms with E-state index < -0.39 is 4.92 Å². The van der Waals surface area contributed by atoms with Crippen molar-refractivity contribution in [2.45, 2.75) is 13.3 Å². The van der Waals surface area contributed by atoms with Crippen molar-refractivity contribution in [1.82, 2.24) is 0 Å². The highest BCUT2D eigenvalue weighted by Crippen LogP contribution is 2.30. The Morgan fingerprint density at radius 3 is 2.70 bits per heavy atom. The first-order valence-electron chi connectivity index (χ1n) is 6.18. The maximum absolute atomic E-state index is 11.3. The van der Waals surface area contributed by atoms with Crippen LogP contribution in [0.1, 0.15) is 13.3 Å². The molecule has 1 aromatic carbocycles. The van der Waals surface area contributed by atoms with Crippen molar-refractivity contribution >= 4 is 17.3 Å². The predicted octanol–water partition coefficient (Wildman–Crippen LogP) is 1.99. The van der Waals surface area contributed by atoms with Gasteiger partial charge < -0.3 is 14.4 Å². The molecule has 0 radical (unpaired) electrons. The summed E-state index contributed by atoms with van der Waals surface area (Å²) in [5.74, 6) is -0.0799. The maximum Gasteiger partial charge on any atom is 0.311 e. The highest BCUT2D eigenvalue weighted by atomic mass is 16.6. The van der Waals surface area contributed by atoms with E-state index in [0.717, 1.165) is 5.69 Å². The molecule has 0 aliphatic carbocycles. The summed E-state index contributed by atoms with van der Waals surface area (Å²) in [6, 6.07) is 4.57. The number of anilines is 1. The summed E-state index contributed by atoms with van der Waals surface area (Å²) in [5, 5.41) is 10.8. The number of rotatable bonds is 7. The Bertz CT molecular complexity index is 490. The summed E-state index contributed by atoms with van der Waals surface area (Å²) in [6.45, 7) is 2.57. The van der Waals surface area contributed by atoms with Crippen LogP contribution in [0.15, 0.2) is 18.2 Å². The van der Waals surface area contributed by atoms with E-state index in [4.69, 9.17) is 9.47 Å². The zero-order valence-electron chi connectivity index (χ0n) is 11.8. The topological polar surface area (TPSA) is 81.9 Å². The van der Waals surface area contributed by atoms with Crippen LogP contribution in [0.4, 0.5) is 11.4 Å². The first-order chi connectivity index (χ1) is 9.49. The standard InChI is InChI=1S/C13H18N2O5/c1-4-20-13(16)7-8-14(2)10-5-6-11(15(17)18)12(9-10)19-3/h5-6,9H,4,7-8H2,1-3H3. The fourth-order valence-electron chi connectivity index (χ4n) is 1.68. The van der Waals surface area contributed by atoms with Crippen LogP contribution in [0.3, 0.4) is 0 Å². The lowest BCUT2D eigenvalue weighted by molar-refractivity contribution is -0.385. The van der Waals surface area contributed by atoms with Crippen LogP contribution in [-0.2, 0) is 9.53 Å². The molecule has 20 heavy (non-hydrogen) atoms. The molecule has 0 bridgehead atoms. The van der Waals surface area contributed by atoms with Crippen LogP contribution in [0, 0.1) is 10.1 Å². The Hall–Kier alpha value is -2.31. The van der Waals surface area contributed by atoms with Gasteiger partial charge in [-0.3, -0.25) is 14.9 Å². The molecular formula is C13H18N2O5. The lowest BCUT2D eigenvalue weighted by Gasteiger charge is -2.19. The predicted molar refractivity (Wildman–Crippen MR) is 74.2 cm³/mol. The van der Waals surface area contributed by atoms with Crippen LogP contribution >= 0.6 is 0 Å². The van der Waals surface area contributed by atoms with Gasteiger partial charge in [0.25, 0.3) is 0 Å². The Morgan fingerprint density at radius 2 is 2.15 bits per heavy atom. The molecule has 0 saturated heterocycles. The highest BCUT2D eigenvalue weighted by molar-refractivity contribution is 5.70. The number of ether oxygens (including phenoxy) is 2. The molecule has 0 spiro atoms. The van der Waals surface area contributed by atoms with Gasteiger partial charge in [-0.15, -0.1) is 0 Å². The van der Waals surface area contributed by atoms with E-state index in [0.29, 0.717) is 13.2 Å². The number of methoxy groups -OCH3 is 1. The van der Waals surface area contributed by atoms with Crippen LogP contribution in [0.5, 0.6) is 5.75 Å². The Kier molecular flexibility index (Phi) is 5.76. The van der Waals surface area contributed by atoms with Gasteiger partial charge >= 0.3 is 11.7 Å². The smallest absolute Gasteiger partial charge is 0.311 e. The van der Waals surface area contributed by atoms with E-state index in [-0.39, 0.29) is 23.8 Å². The summed E-state index contributed by atoms with van der Waals surface area (Å²) in [6.07, 6.45) is 0.254. The number of nitrogens with zero attached hydrogens (tertiary/aromatic N) is 2. The lowest BCUT2D eigenvalue weighted by Crippen LogP contribution is -2.22. The van der Waals surface area contributed by atoms with E-state index in [2.05, 4.69) is 0 Å². The number of carbonyl (C=O) groups is 1. The zero-order chi connectivity index (χ0) is 15.1. The summed E-state index contributed by atoms with van der Waals surface area (Å²) < 4.78 is 9.85.